The topological polar surface area (TPSA) is 37.4 Å². The Balaban J connectivity index is 2.41. The highest BCUT2D eigenvalue weighted by Gasteiger charge is 2.29. The van der Waals surface area contributed by atoms with Gasteiger partial charge in [-0.15, -0.1) is 0 Å². The van der Waals surface area contributed by atoms with Crippen LogP contribution in [0.2, 0.25) is 5.02 Å². The zero-order chi connectivity index (χ0) is 17.7. The molecule has 130 valence electrons. The summed E-state index contributed by atoms with van der Waals surface area (Å²) in [5.41, 5.74) is 2.15. The molecular formula is C19H24ClNO2S. The Morgan fingerprint density at radius 2 is 1.50 bits per heavy atom. The molecule has 0 saturated heterocycles. The van der Waals surface area contributed by atoms with Crippen LogP contribution in [-0.4, -0.2) is 18.8 Å². The minimum Gasteiger partial charge on any atom is -0.207 e. The Bertz CT molecular complexity index is 751. The molecule has 0 aromatic heterocycles. The van der Waals surface area contributed by atoms with Gasteiger partial charge >= 0.3 is 0 Å². The van der Waals surface area contributed by atoms with Gasteiger partial charge in [-0.3, -0.25) is 0 Å². The van der Waals surface area contributed by atoms with Gasteiger partial charge in [0.15, 0.2) is 0 Å². The van der Waals surface area contributed by atoms with Gasteiger partial charge < -0.3 is 0 Å². The van der Waals surface area contributed by atoms with Crippen molar-refractivity contribution in [3.05, 3.63) is 64.7 Å². The summed E-state index contributed by atoms with van der Waals surface area (Å²) in [6.45, 7) is 6.44. The summed E-state index contributed by atoms with van der Waals surface area (Å²) < 4.78 is 27.9. The first-order valence-corrected chi connectivity index (χ1v) is 10.0. The Morgan fingerprint density at radius 1 is 0.958 bits per heavy atom. The zero-order valence-corrected chi connectivity index (χ0v) is 15.9. The highest BCUT2D eigenvalue weighted by Crippen LogP contribution is 2.25. The third-order valence-corrected chi connectivity index (χ3v) is 6.39. The van der Waals surface area contributed by atoms with Gasteiger partial charge in [0, 0.05) is 17.6 Å². The SMILES string of the molecule is CCC(CC)N(Cc1ccc(C)cc1)S(=O)(=O)c1ccc(Cl)cc1. The van der Waals surface area contributed by atoms with Crippen molar-refractivity contribution in [2.24, 2.45) is 0 Å². The van der Waals surface area contributed by atoms with Crippen molar-refractivity contribution in [1.29, 1.82) is 0 Å². The lowest BCUT2D eigenvalue weighted by Gasteiger charge is -2.30. The third kappa shape index (κ3) is 4.38. The van der Waals surface area contributed by atoms with Gasteiger partial charge in [-0.05, 0) is 49.6 Å². The van der Waals surface area contributed by atoms with E-state index < -0.39 is 10.0 Å². The zero-order valence-electron chi connectivity index (χ0n) is 14.4. The van der Waals surface area contributed by atoms with Gasteiger partial charge in [-0.25, -0.2) is 8.42 Å². The predicted octanol–water partition coefficient (Wildman–Crippen LogP) is 5.03. The van der Waals surface area contributed by atoms with Gasteiger partial charge in [0.1, 0.15) is 0 Å². The van der Waals surface area contributed by atoms with Gasteiger partial charge in [-0.1, -0.05) is 55.3 Å². The summed E-state index contributed by atoms with van der Waals surface area (Å²) in [6, 6.07) is 14.3. The lowest BCUT2D eigenvalue weighted by atomic mass is 10.1. The molecule has 24 heavy (non-hydrogen) atoms. The van der Waals surface area contributed by atoms with Crippen LogP contribution in [0.5, 0.6) is 0 Å². The molecule has 2 rings (SSSR count). The summed E-state index contributed by atoms with van der Waals surface area (Å²) in [7, 11) is -3.57. The lowest BCUT2D eigenvalue weighted by Crippen LogP contribution is -2.39. The summed E-state index contributed by atoms with van der Waals surface area (Å²) in [5, 5.41) is 0.529. The number of sulfonamides is 1. The number of aryl methyl sites for hydroxylation is 1. The maximum atomic E-state index is 13.2. The molecule has 0 unspecified atom stereocenters. The minimum absolute atomic E-state index is 0.0352. The molecule has 0 radical (unpaired) electrons. The molecule has 0 aliphatic carbocycles. The second-order valence-electron chi connectivity index (χ2n) is 5.96. The fraction of sp³-hybridized carbons (Fsp3) is 0.368. The summed E-state index contributed by atoms with van der Waals surface area (Å²) in [4.78, 5) is 0.283. The summed E-state index contributed by atoms with van der Waals surface area (Å²) >= 11 is 5.89. The molecule has 0 heterocycles. The van der Waals surface area contributed by atoms with E-state index in [0.29, 0.717) is 11.6 Å². The van der Waals surface area contributed by atoms with E-state index in [1.165, 1.54) is 0 Å². The molecule has 2 aromatic rings. The highest BCUT2D eigenvalue weighted by atomic mass is 35.5. The fourth-order valence-corrected chi connectivity index (χ4v) is 4.61. The van der Waals surface area contributed by atoms with E-state index in [2.05, 4.69) is 0 Å². The van der Waals surface area contributed by atoms with Crippen LogP contribution in [0.4, 0.5) is 0 Å². The van der Waals surface area contributed by atoms with Crippen molar-refractivity contribution < 1.29 is 8.42 Å². The molecule has 0 aliphatic heterocycles. The summed E-state index contributed by atoms with van der Waals surface area (Å²) in [6.07, 6.45) is 1.55. The Hall–Kier alpha value is -1.36. The molecule has 0 aliphatic rings. The van der Waals surface area contributed by atoms with Crippen LogP contribution >= 0.6 is 11.6 Å². The Morgan fingerprint density at radius 3 is 2.00 bits per heavy atom. The Labute approximate surface area is 150 Å². The smallest absolute Gasteiger partial charge is 0.207 e. The molecule has 5 heteroatoms. The van der Waals surface area contributed by atoms with Crippen LogP contribution in [0, 0.1) is 6.92 Å². The predicted molar refractivity (Wildman–Crippen MR) is 99.7 cm³/mol. The van der Waals surface area contributed by atoms with E-state index in [-0.39, 0.29) is 10.9 Å². The van der Waals surface area contributed by atoms with Gasteiger partial charge in [-0.2, -0.15) is 4.31 Å². The molecule has 0 atom stereocenters. The second-order valence-corrected chi connectivity index (χ2v) is 8.29. The molecule has 0 N–H and O–H groups in total. The first kappa shape index (κ1) is 19.0. The minimum atomic E-state index is -3.57. The van der Waals surface area contributed by atoms with Gasteiger partial charge in [0.2, 0.25) is 10.0 Å². The first-order chi connectivity index (χ1) is 11.4. The maximum Gasteiger partial charge on any atom is 0.243 e. The van der Waals surface area contributed by atoms with E-state index in [1.54, 1.807) is 28.6 Å². The van der Waals surface area contributed by atoms with Crippen molar-refractivity contribution >= 4 is 21.6 Å². The second kappa shape index (κ2) is 8.15. The molecular weight excluding hydrogens is 342 g/mol. The van der Waals surface area contributed by atoms with Crippen LogP contribution in [0.15, 0.2) is 53.4 Å². The third-order valence-electron chi connectivity index (χ3n) is 4.23. The van der Waals surface area contributed by atoms with Crippen molar-refractivity contribution in [3.63, 3.8) is 0 Å². The highest BCUT2D eigenvalue weighted by molar-refractivity contribution is 7.89. The summed E-state index contributed by atoms with van der Waals surface area (Å²) in [5.74, 6) is 0. The van der Waals surface area contributed by atoms with Crippen LogP contribution < -0.4 is 0 Å². The average molecular weight is 366 g/mol. The first-order valence-electron chi connectivity index (χ1n) is 8.21. The molecule has 2 aromatic carbocycles. The normalized spacial score (nSPS) is 12.1. The molecule has 0 saturated carbocycles. The van der Waals surface area contributed by atoms with E-state index in [0.717, 1.165) is 24.0 Å². The largest absolute Gasteiger partial charge is 0.243 e. The molecule has 3 nitrogen and oxygen atoms in total. The molecule has 0 spiro atoms. The van der Waals surface area contributed by atoms with E-state index in [4.69, 9.17) is 11.6 Å². The fourth-order valence-electron chi connectivity index (χ4n) is 2.72. The van der Waals surface area contributed by atoms with Gasteiger partial charge in [0.05, 0.1) is 4.90 Å². The van der Waals surface area contributed by atoms with Crippen molar-refractivity contribution in [1.82, 2.24) is 4.31 Å². The number of nitrogens with zero attached hydrogens (tertiary/aromatic N) is 1. The monoisotopic (exact) mass is 365 g/mol. The van der Waals surface area contributed by atoms with Crippen molar-refractivity contribution in [2.45, 2.75) is 51.1 Å². The molecule has 0 amide bonds. The van der Waals surface area contributed by atoms with Crippen LogP contribution in [0.3, 0.4) is 0 Å². The maximum absolute atomic E-state index is 13.2. The van der Waals surface area contributed by atoms with Crippen molar-refractivity contribution in [2.75, 3.05) is 0 Å². The Kier molecular flexibility index (Phi) is 6.44. The van der Waals surface area contributed by atoms with E-state index in [9.17, 15) is 8.42 Å². The number of halogens is 1. The molecule has 0 fully saturated rings. The van der Waals surface area contributed by atoms with Crippen LogP contribution in [0.1, 0.15) is 37.8 Å². The van der Waals surface area contributed by atoms with Gasteiger partial charge in [0.25, 0.3) is 0 Å². The lowest BCUT2D eigenvalue weighted by molar-refractivity contribution is 0.297. The van der Waals surface area contributed by atoms with Crippen LogP contribution in [0.25, 0.3) is 0 Å². The standard InChI is InChI=1S/C19H24ClNO2S/c1-4-18(5-2)21(14-16-8-6-15(3)7-9-16)24(22,23)19-12-10-17(20)11-13-19/h6-13,18H,4-5,14H2,1-3H3. The number of rotatable bonds is 7. The molecule has 0 bridgehead atoms. The number of benzene rings is 2. The van der Waals surface area contributed by atoms with E-state index in [1.807, 2.05) is 45.0 Å². The quantitative estimate of drug-likeness (QED) is 0.690. The number of hydrogen-bond acceptors (Lipinski definition) is 2. The van der Waals surface area contributed by atoms with E-state index >= 15 is 0 Å². The van der Waals surface area contributed by atoms with Crippen LogP contribution in [-0.2, 0) is 16.6 Å². The average Bonchev–Trinajstić information content (AvgIpc) is 2.57. The number of hydrogen-bond donors (Lipinski definition) is 0. The van der Waals surface area contributed by atoms with Crippen molar-refractivity contribution in [3.8, 4) is 0 Å².